The van der Waals surface area contributed by atoms with E-state index in [0.29, 0.717) is 10.9 Å². The van der Waals surface area contributed by atoms with E-state index in [1.165, 1.54) is 4.90 Å². The monoisotopic (exact) mass is 352 g/mol. The van der Waals surface area contributed by atoms with Gasteiger partial charge in [0.25, 0.3) is 0 Å². The third-order valence-electron chi connectivity index (χ3n) is 3.42. The first kappa shape index (κ1) is 18.3. The molecular formula is C17H21ClN2O4. The molecule has 0 radical (unpaired) electrons. The summed E-state index contributed by atoms with van der Waals surface area (Å²) in [5, 5.41) is 12.2. The quantitative estimate of drug-likeness (QED) is 0.661. The number of fused-ring (bicyclic) bond motifs is 1. The third-order valence-corrected chi connectivity index (χ3v) is 3.63. The van der Waals surface area contributed by atoms with E-state index in [0.717, 1.165) is 16.3 Å². The second kappa shape index (κ2) is 7.23. The van der Waals surface area contributed by atoms with Crippen LogP contribution >= 0.6 is 11.6 Å². The largest absolute Gasteiger partial charge is 0.489 e. The summed E-state index contributed by atoms with van der Waals surface area (Å²) in [6.45, 7) is 3.75. The molecular weight excluding hydrogens is 332 g/mol. The van der Waals surface area contributed by atoms with E-state index < -0.39 is 11.7 Å². The fourth-order valence-electron chi connectivity index (χ4n) is 2.26. The Labute approximate surface area is 145 Å². The van der Waals surface area contributed by atoms with E-state index in [9.17, 15) is 9.90 Å². The second-order valence-corrected chi connectivity index (χ2v) is 6.47. The van der Waals surface area contributed by atoms with Crippen LogP contribution in [0.5, 0.6) is 5.75 Å². The van der Waals surface area contributed by atoms with Gasteiger partial charge >= 0.3 is 6.09 Å². The number of hydrogen-bond donors (Lipinski definition) is 1. The minimum atomic E-state index is -1.03. The van der Waals surface area contributed by atoms with E-state index in [4.69, 9.17) is 21.1 Å². The fourth-order valence-corrected chi connectivity index (χ4v) is 2.41. The first-order valence-corrected chi connectivity index (χ1v) is 7.86. The van der Waals surface area contributed by atoms with E-state index in [1.54, 1.807) is 52.3 Å². The lowest BCUT2D eigenvalue weighted by molar-refractivity contribution is 0.0800. The first-order valence-electron chi connectivity index (χ1n) is 7.48. The maximum Gasteiger partial charge on any atom is 0.409 e. The lowest BCUT2D eigenvalue weighted by atomic mass is 9.93. The fraction of sp³-hybridized carbons (Fsp3) is 0.412. The van der Waals surface area contributed by atoms with Gasteiger partial charge < -0.3 is 19.5 Å². The maximum atomic E-state index is 11.4. The summed E-state index contributed by atoms with van der Waals surface area (Å²) in [6, 6.07) is 5.25. The summed E-state index contributed by atoms with van der Waals surface area (Å²) < 4.78 is 10.7. The summed E-state index contributed by atoms with van der Waals surface area (Å²) in [6.07, 6.45) is 1.18. The first-order chi connectivity index (χ1) is 11.2. The van der Waals surface area contributed by atoms with Gasteiger partial charge in [-0.2, -0.15) is 0 Å². The molecule has 1 heterocycles. The third kappa shape index (κ3) is 4.27. The number of ether oxygens (including phenoxy) is 2. The van der Waals surface area contributed by atoms with Crippen molar-refractivity contribution >= 4 is 28.5 Å². The van der Waals surface area contributed by atoms with Crippen LogP contribution in [0.15, 0.2) is 24.4 Å². The van der Waals surface area contributed by atoms with Gasteiger partial charge in [-0.25, -0.2) is 9.78 Å². The minimum Gasteiger partial charge on any atom is -0.489 e. The van der Waals surface area contributed by atoms with Crippen LogP contribution in [0, 0.1) is 0 Å². The Kier molecular flexibility index (Phi) is 5.51. The average molecular weight is 353 g/mol. The van der Waals surface area contributed by atoms with Crippen molar-refractivity contribution in [2.75, 3.05) is 27.3 Å². The molecule has 1 amide bonds. The lowest BCUT2D eigenvalue weighted by Gasteiger charge is -2.21. The standard InChI is InChI=1S/C17H21ClN2O4/c1-17(2,22)13-5-6-14(12-10-19-15(18)9-11(12)13)23-7-8-24-16(21)20(3)4/h5-6,9-10,22H,7-8H2,1-4H3. The molecule has 0 saturated carbocycles. The highest BCUT2D eigenvalue weighted by Gasteiger charge is 2.21. The van der Waals surface area contributed by atoms with Gasteiger partial charge in [0.1, 0.15) is 24.1 Å². The topological polar surface area (TPSA) is 71.9 Å². The van der Waals surface area contributed by atoms with Gasteiger partial charge in [-0.15, -0.1) is 0 Å². The normalized spacial score (nSPS) is 11.4. The van der Waals surface area contributed by atoms with Crippen LogP contribution in [-0.4, -0.2) is 48.4 Å². The minimum absolute atomic E-state index is 0.132. The van der Waals surface area contributed by atoms with Crippen LogP contribution in [0.1, 0.15) is 19.4 Å². The SMILES string of the molecule is CN(C)C(=O)OCCOc1ccc(C(C)(C)O)c2cc(Cl)ncc12. The number of benzene rings is 1. The average Bonchev–Trinajstić information content (AvgIpc) is 2.49. The number of aromatic nitrogens is 1. The van der Waals surface area contributed by atoms with Gasteiger partial charge in [0.05, 0.1) is 5.60 Å². The summed E-state index contributed by atoms with van der Waals surface area (Å²) in [7, 11) is 3.23. The zero-order valence-electron chi connectivity index (χ0n) is 14.2. The summed E-state index contributed by atoms with van der Waals surface area (Å²) in [5.74, 6) is 0.586. The van der Waals surface area contributed by atoms with Gasteiger partial charge in [-0.05, 0) is 36.9 Å². The highest BCUT2D eigenvalue weighted by Crippen LogP contribution is 2.34. The van der Waals surface area contributed by atoms with Crippen molar-refractivity contribution in [2.45, 2.75) is 19.4 Å². The van der Waals surface area contributed by atoms with Gasteiger partial charge in [0.15, 0.2) is 0 Å². The molecule has 0 fully saturated rings. The number of nitrogens with zero attached hydrogens (tertiary/aromatic N) is 2. The number of carbonyl (C=O) groups is 1. The summed E-state index contributed by atoms with van der Waals surface area (Å²) in [5.41, 5.74) is -0.295. The number of pyridine rings is 1. The Bertz CT molecular complexity index is 741. The van der Waals surface area contributed by atoms with Crippen LogP contribution < -0.4 is 4.74 Å². The summed E-state index contributed by atoms with van der Waals surface area (Å²) in [4.78, 5) is 16.8. The van der Waals surface area contributed by atoms with Crippen molar-refractivity contribution in [3.8, 4) is 5.75 Å². The van der Waals surface area contributed by atoms with Gasteiger partial charge in [0, 0.05) is 25.7 Å². The predicted molar refractivity (Wildman–Crippen MR) is 92.5 cm³/mol. The molecule has 0 atom stereocenters. The zero-order valence-corrected chi connectivity index (χ0v) is 14.9. The Hall–Kier alpha value is -2.05. The summed E-state index contributed by atoms with van der Waals surface area (Å²) >= 11 is 5.99. The number of halogens is 1. The van der Waals surface area contributed by atoms with E-state index in [2.05, 4.69) is 4.98 Å². The maximum absolute atomic E-state index is 11.4. The molecule has 0 aliphatic heterocycles. The molecule has 0 aliphatic carbocycles. The van der Waals surface area contributed by atoms with Crippen LogP contribution in [0.4, 0.5) is 4.79 Å². The molecule has 2 aromatic rings. The van der Waals surface area contributed by atoms with E-state index >= 15 is 0 Å². The lowest BCUT2D eigenvalue weighted by Crippen LogP contribution is -2.24. The number of hydrogen-bond acceptors (Lipinski definition) is 5. The molecule has 0 saturated heterocycles. The molecule has 0 bridgehead atoms. The van der Waals surface area contributed by atoms with E-state index in [-0.39, 0.29) is 13.2 Å². The molecule has 130 valence electrons. The molecule has 6 nitrogen and oxygen atoms in total. The highest BCUT2D eigenvalue weighted by atomic mass is 35.5. The van der Waals surface area contributed by atoms with Crippen molar-refractivity contribution in [1.29, 1.82) is 0 Å². The number of rotatable bonds is 5. The second-order valence-electron chi connectivity index (χ2n) is 6.08. The van der Waals surface area contributed by atoms with Crippen LogP contribution in [-0.2, 0) is 10.3 Å². The van der Waals surface area contributed by atoms with Crippen molar-refractivity contribution < 1.29 is 19.4 Å². The molecule has 0 spiro atoms. The van der Waals surface area contributed by atoms with Gasteiger partial charge in [0.2, 0.25) is 0 Å². The van der Waals surface area contributed by atoms with Crippen molar-refractivity contribution in [3.63, 3.8) is 0 Å². The number of amides is 1. The van der Waals surface area contributed by atoms with Crippen molar-refractivity contribution in [1.82, 2.24) is 9.88 Å². The van der Waals surface area contributed by atoms with Crippen molar-refractivity contribution in [3.05, 3.63) is 35.1 Å². The molecule has 2 rings (SSSR count). The smallest absolute Gasteiger partial charge is 0.409 e. The zero-order chi connectivity index (χ0) is 17.9. The number of carbonyl (C=O) groups excluding carboxylic acids is 1. The molecule has 1 aromatic carbocycles. The molecule has 0 unspecified atom stereocenters. The molecule has 1 aromatic heterocycles. The Morgan fingerprint density at radius 3 is 2.62 bits per heavy atom. The van der Waals surface area contributed by atoms with Gasteiger partial charge in [-0.1, -0.05) is 17.7 Å². The van der Waals surface area contributed by atoms with Crippen LogP contribution in [0.2, 0.25) is 5.15 Å². The van der Waals surface area contributed by atoms with Crippen molar-refractivity contribution in [2.24, 2.45) is 0 Å². The van der Waals surface area contributed by atoms with Gasteiger partial charge in [-0.3, -0.25) is 0 Å². The number of aliphatic hydroxyl groups is 1. The Morgan fingerprint density at radius 1 is 1.29 bits per heavy atom. The molecule has 0 aliphatic rings. The molecule has 7 heteroatoms. The Morgan fingerprint density at radius 2 is 2.00 bits per heavy atom. The highest BCUT2D eigenvalue weighted by molar-refractivity contribution is 6.30. The van der Waals surface area contributed by atoms with Crippen LogP contribution in [0.25, 0.3) is 10.8 Å². The van der Waals surface area contributed by atoms with E-state index in [1.807, 2.05) is 0 Å². The van der Waals surface area contributed by atoms with Crippen LogP contribution in [0.3, 0.4) is 0 Å². The molecule has 1 N–H and O–H groups in total. The molecule has 24 heavy (non-hydrogen) atoms. The Balaban J connectivity index is 2.21. The predicted octanol–water partition coefficient (Wildman–Crippen LogP) is 3.19.